The Kier molecular flexibility index (Phi) is 16.8. The van der Waals surface area contributed by atoms with Gasteiger partial charge in [0.15, 0.2) is 0 Å². The molecule has 73 heavy (non-hydrogen) atoms. The van der Waals surface area contributed by atoms with Crippen molar-refractivity contribution >= 4 is 58.4 Å². The number of rotatable bonds is 16. The summed E-state index contributed by atoms with van der Waals surface area (Å²) in [6.07, 6.45) is 18.1. The van der Waals surface area contributed by atoms with Crippen LogP contribution in [-0.4, -0.2) is 154 Å². The zero-order chi connectivity index (χ0) is 51.1. The molecule has 4 N–H and O–H groups in total. The van der Waals surface area contributed by atoms with Gasteiger partial charge in [0.1, 0.15) is 23.2 Å². The lowest BCUT2D eigenvalue weighted by Gasteiger charge is -2.43. The van der Waals surface area contributed by atoms with E-state index in [2.05, 4.69) is 55.9 Å². The molecule has 2 aliphatic carbocycles. The third-order valence-corrected chi connectivity index (χ3v) is 16.8. The molecule has 9 rings (SSSR count). The summed E-state index contributed by atoms with van der Waals surface area (Å²) in [6.45, 7) is 8.11. The van der Waals surface area contributed by atoms with Gasteiger partial charge in [0.25, 0.3) is 0 Å². The highest BCUT2D eigenvalue weighted by Crippen LogP contribution is 2.38. The fraction of sp³-hybridized carbons (Fsp3) is 0.660. The lowest BCUT2D eigenvalue weighted by Crippen LogP contribution is -2.54. The summed E-state index contributed by atoms with van der Waals surface area (Å²) in [5.41, 5.74) is 1.83. The Hall–Kier alpha value is -5.89. The zero-order valence-electron chi connectivity index (χ0n) is 42.9. The molecule has 1 atom stereocenters. The second-order valence-corrected chi connectivity index (χ2v) is 21.3. The number of piperazine rings is 1. The van der Waals surface area contributed by atoms with Crippen molar-refractivity contribution in [2.24, 2.45) is 24.8 Å². The average molecular weight is 1010 g/mol. The third kappa shape index (κ3) is 12.7. The first-order chi connectivity index (χ1) is 35.3. The van der Waals surface area contributed by atoms with Crippen molar-refractivity contribution in [2.75, 3.05) is 86.9 Å². The van der Waals surface area contributed by atoms with Gasteiger partial charge in [-0.2, -0.15) is 10.1 Å². The van der Waals surface area contributed by atoms with Crippen LogP contribution in [-0.2, 0) is 35.7 Å². The molecule has 6 aliphatic rings. The van der Waals surface area contributed by atoms with E-state index >= 15 is 4.39 Å². The van der Waals surface area contributed by atoms with Gasteiger partial charge in [0, 0.05) is 115 Å². The molecule has 1 aromatic carbocycles. The normalized spacial score (nSPS) is 25.2. The van der Waals surface area contributed by atoms with Crippen LogP contribution in [0, 0.1) is 23.6 Å². The van der Waals surface area contributed by atoms with Crippen molar-refractivity contribution in [3.05, 3.63) is 48.2 Å². The SMILES string of the molecule is CCOC(=O)c1cnc(Nc2cnn(C)c2)nc1NC1CCC(N2CCN(C(=O)C3CCC(C(=O)N4CCC(CCC5(OC)CCN(c6ccc(NC7CCC(=O)NC7=O)cc6F)CC5)CC4)CC3)CC2)CC1. The number of aryl methyl sites for hydroxylation is 1. The van der Waals surface area contributed by atoms with Gasteiger partial charge in [-0.15, -0.1) is 0 Å². The highest BCUT2D eigenvalue weighted by molar-refractivity contribution is 6.01. The molecule has 2 aromatic heterocycles. The maximum Gasteiger partial charge on any atom is 0.343 e. The summed E-state index contributed by atoms with van der Waals surface area (Å²) in [5, 5.41) is 16.3. The number of halogens is 1. The number of hydrogen-bond donors (Lipinski definition) is 4. The first-order valence-corrected chi connectivity index (χ1v) is 26.9. The van der Waals surface area contributed by atoms with Crippen molar-refractivity contribution in [3.8, 4) is 0 Å². The topological polar surface area (TPSA) is 208 Å². The number of carbonyl (C=O) groups excluding carboxylic acids is 5. The fourth-order valence-electron chi connectivity index (χ4n) is 12.2. The number of nitrogens with one attached hydrogen (secondary N) is 4. The van der Waals surface area contributed by atoms with Gasteiger partial charge in [-0.25, -0.2) is 14.2 Å². The van der Waals surface area contributed by atoms with Crippen LogP contribution in [0.25, 0.3) is 0 Å². The largest absolute Gasteiger partial charge is 0.462 e. The molecule has 6 fully saturated rings. The number of amides is 4. The molecular formula is C53H75FN12O7. The molecule has 3 aromatic rings. The Labute approximate surface area is 428 Å². The van der Waals surface area contributed by atoms with Crippen molar-refractivity contribution in [1.29, 1.82) is 0 Å². The van der Waals surface area contributed by atoms with E-state index in [0.717, 1.165) is 135 Å². The van der Waals surface area contributed by atoms with Crippen molar-refractivity contribution in [1.82, 2.24) is 39.8 Å². The molecule has 19 nitrogen and oxygen atoms in total. The number of aromatic nitrogens is 4. The number of esters is 1. The Morgan fingerprint density at radius 3 is 2.12 bits per heavy atom. The van der Waals surface area contributed by atoms with Gasteiger partial charge < -0.3 is 40.1 Å². The predicted molar refractivity (Wildman–Crippen MR) is 274 cm³/mol. The number of methoxy groups -OCH3 is 1. The lowest BCUT2D eigenvalue weighted by atomic mass is 9.79. The maximum atomic E-state index is 15.4. The molecule has 0 radical (unpaired) electrons. The molecule has 2 saturated carbocycles. The molecule has 20 heteroatoms. The Morgan fingerprint density at radius 1 is 0.822 bits per heavy atom. The number of benzene rings is 1. The smallest absolute Gasteiger partial charge is 0.343 e. The molecule has 0 spiro atoms. The van der Waals surface area contributed by atoms with E-state index in [1.54, 1.807) is 37.0 Å². The molecule has 0 bridgehead atoms. The standard InChI is InChI=1S/C53H75FN12O7/c1-4-73-51(71)42-33-55-52(59-40-32-56-62(2)34-40)61-47(42)58-38-9-12-41(13-10-38)63-27-29-66(30-28-63)50(70)37-7-5-36(6-8-37)49(69)65-23-18-35(19-24-65)17-20-53(72-3)21-25-64(26-22-53)45-15-11-39(31-43(45)54)57-44-14-16-46(67)60-48(44)68/h11,15,31-38,41,44,57H,4-10,12-14,16-30H2,1-3H3,(H,60,67,68)(H2,55,58,59,61). The van der Waals surface area contributed by atoms with Crippen LogP contribution >= 0.6 is 0 Å². The van der Waals surface area contributed by atoms with E-state index in [4.69, 9.17) is 9.47 Å². The van der Waals surface area contributed by atoms with Gasteiger partial charge in [-0.3, -0.25) is 34.1 Å². The van der Waals surface area contributed by atoms with E-state index < -0.39 is 12.0 Å². The Balaban J connectivity index is 0.655. The van der Waals surface area contributed by atoms with Crippen LogP contribution in [0.4, 0.5) is 33.2 Å². The number of ether oxygens (including phenoxy) is 2. The van der Waals surface area contributed by atoms with E-state index in [1.165, 1.54) is 12.3 Å². The second-order valence-electron chi connectivity index (χ2n) is 21.3. The van der Waals surface area contributed by atoms with Gasteiger partial charge >= 0.3 is 5.97 Å². The molecule has 396 valence electrons. The number of piperidine rings is 3. The Bertz CT molecular complexity index is 2420. The highest BCUT2D eigenvalue weighted by Gasteiger charge is 2.39. The molecule has 4 saturated heterocycles. The minimum absolute atomic E-state index is 0.0108. The average Bonchev–Trinajstić information content (AvgIpc) is 3.83. The van der Waals surface area contributed by atoms with Crippen LogP contribution in [0.3, 0.4) is 0 Å². The van der Waals surface area contributed by atoms with Crippen LogP contribution < -0.4 is 26.2 Å². The lowest BCUT2D eigenvalue weighted by molar-refractivity contribution is -0.143. The van der Waals surface area contributed by atoms with E-state index in [-0.39, 0.29) is 66.0 Å². The predicted octanol–water partition coefficient (Wildman–Crippen LogP) is 5.86. The van der Waals surface area contributed by atoms with Crippen molar-refractivity contribution < 1.29 is 37.8 Å². The summed E-state index contributed by atoms with van der Waals surface area (Å²) in [7, 11) is 3.62. The number of hydrogen-bond acceptors (Lipinski definition) is 15. The van der Waals surface area contributed by atoms with Crippen LogP contribution in [0.5, 0.6) is 0 Å². The fourth-order valence-corrected chi connectivity index (χ4v) is 12.2. The summed E-state index contributed by atoms with van der Waals surface area (Å²) in [5.74, 6) is 0.347. The quantitative estimate of drug-likeness (QED) is 0.0979. The number of carbonyl (C=O) groups is 5. The van der Waals surface area contributed by atoms with Crippen LogP contribution in [0.1, 0.15) is 120 Å². The van der Waals surface area contributed by atoms with Crippen molar-refractivity contribution in [2.45, 2.75) is 133 Å². The van der Waals surface area contributed by atoms with Gasteiger partial charge in [-0.05, 0) is 127 Å². The first kappa shape index (κ1) is 52.0. The third-order valence-electron chi connectivity index (χ3n) is 16.8. The minimum atomic E-state index is -0.569. The van der Waals surface area contributed by atoms with Gasteiger partial charge in [0.2, 0.25) is 29.6 Å². The van der Waals surface area contributed by atoms with Crippen molar-refractivity contribution in [3.63, 3.8) is 0 Å². The number of anilines is 5. The van der Waals surface area contributed by atoms with E-state index in [0.29, 0.717) is 60.2 Å². The number of nitrogens with zero attached hydrogens (tertiary/aromatic N) is 8. The van der Waals surface area contributed by atoms with E-state index in [1.807, 2.05) is 13.2 Å². The molecular weight excluding hydrogens is 936 g/mol. The van der Waals surface area contributed by atoms with Gasteiger partial charge in [0.05, 0.1) is 29.8 Å². The number of likely N-dealkylation sites (tertiary alicyclic amines) is 1. The second kappa shape index (κ2) is 23.5. The van der Waals surface area contributed by atoms with Crippen LogP contribution in [0.15, 0.2) is 36.8 Å². The number of imide groups is 1. The van der Waals surface area contributed by atoms with E-state index in [9.17, 15) is 24.0 Å². The summed E-state index contributed by atoms with van der Waals surface area (Å²) >= 11 is 0. The molecule has 6 heterocycles. The van der Waals surface area contributed by atoms with Crippen LogP contribution in [0.2, 0.25) is 0 Å². The minimum Gasteiger partial charge on any atom is -0.462 e. The first-order valence-electron chi connectivity index (χ1n) is 26.9. The summed E-state index contributed by atoms with van der Waals surface area (Å²) in [4.78, 5) is 81.9. The maximum absolute atomic E-state index is 15.4. The highest BCUT2D eigenvalue weighted by atomic mass is 19.1. The molecule has 4 aliphatic heterocycles. The molecule has 1 unspecified atom stereocenters. The Morgan fingerprint density at radius 2 is 1.51 bits per heavy atom. The van der Waals surface area contributed by atoms with Gasteiger partial charge in [-0.1, -0.05) is 0 Å². The monoisotopic (exact) mass is 1010 g/mol. The summed E-state index contributed by atoms with van der Waals surface area (Å²) in [6, 6.07) is 4.99. The molecule has 4 amide bonds. The zero-order valence-corrected chi connectivity index (χ0v) is 42.9. The summed E-state index contributed by atoms with van der Waals surface area (Å²) < 4.78 is 28.6.